The first kappa shape index (κ1) is 9.02. The molecular formula is C9H5ClFN3. The second-order valence-corrected chi connectivity index (χ2v) is 3.00. The molecule has 5 heteroatoms. The number of hydrogen-bond donors (Lipinski definition) is 0. The smallest absolute Gasteiger partial charge is 0.162 e. The molecule has 0 spiro atoms. The maximum absolute atomic E-state index is 12.8. The second kappa shape index (κ2) is 3.67. The van der Waals surface area contributed by atoms with E-state index in [1.165, 1.54) is 24.8 Å². The van der Waals surface area contributed by atoms with Crippen LogP contribution in [0.15, 0.2) is 30.9 Å². The van der Waals surface area contributed by atoms with E-state index in [1.807, 2.05) is 0 Å². The van der Waals surface area contributed by atoms with Crippen molar-refractivity contribution >= 4 is 11.6 Å². The Bertz CT molecular complexity index is 447. The highest BCUT2D eigenvalue weighted by Crippen LogP contribution is 2.21. The van der Waals surface area contributed by atoms with Gasteiger partial charge in [0, 0.05) is 5.56 Å². The molecule has 0 radical (unpaired) electrons. The molecule has 70 valence electrons. The lowest BCUT2D eigenvalue weighted by Crippen LogP contribution is -1.89. The van der Waals surface area contributed by atoms with Gasteiger partial charge in [-0.05, 0) is 18.2 Å². The Balaban J connectivity index is 2.48. The largest absolute Gasteiger partial charge is 0.225 e. The number of rotatable bonds is 1. The zero-order valence-corrected chi connectivity index (χ0v) is 7.74. The summed E-state index contributed by atoms with van der Waals surface area (Å²) in [6.07, 6.45) is 2.75. The van der Waals surface area contributed by atoms with Gasteiger partial charge in [-0.25, -0.2) is 19.3 Å². The molecule has 1 aromatic carbocycles. The third-order valence-electron chi connectivity index (χ3n) is 1.67. The summed E-state index contributed by atoms with van der Waals surface area (Å²) in [4.78, 5) is 11.5. The molecule has 3 nitrogen and oxygen atoms in total. The number of benzene rings is 1. The van der Waals surface area contributed by atoms with E-state index in [-0.39, 0.29) is 5.02 Å². The van der Waals surface area contributed by atoms with Crippen molar-refractivity contribution in [2.75, 3.05) is 0 Å². The van der Waals surface area contributed by atoms with Gasteiger partial charge in [0.1, 0.15) is 18.5 Å². The van der Waals surface area contributed by atoms with Crippen LogP contribution in [0.25, 0.3) is 11.4 Å². The number of halogens is 2. The third kappa shape index (κ3) is 1.70. The second-order valence-electron chi connectivity index (χ2n) is 2.59. The van der Waals surface area contributed by atoms with Gasteiger partial charge in [-0.1, -0.05) is 11.6 Å². The van der Waals surface area contributed by atoms with Gasteiger partial charge < -0.3 is 0 Å². The zero-order valence-electron chi connectivity index (χ0n) is 6.98. The Kier molecular flexibility index (Phi) is 2.37. The molecule has 14 heavy (non-hydrogen) atoms. The molecule has 2 rings (SSSR count). The predicted octanol–water partition coefficient (Wildman–Crippen LogP) is 2.33. The van der Waals surface area contributed by atoms with Gasteiger partial charge in [-0.3, -0.25) is 0 Å². The van der Waals surface area contributed by atoms with Gasteiger partial charge in [0.25, 0.3) is 0 Å². The predicted molar refractivity (Wildman–Crippen MR) is 50.2 cm³/mol. The summed E-state index contributed by atoms with van der Waals surface area (Å²) in [6.45, 7) is 0. The molecule has 0 fully saturated rings. The highest BCUT2D eigenvalue weighted by Gasteiger charge is 2.04. The Hall–Kier alpha value is -1.55. The van der Waals surface area contributed by atoms with E-state index < -0.39 is 5.82 Å². The zero-order chi connectivity index (χ0) is 9.97. The Labute approximate surface area is 84.6 Å². The van der Waals surface area contributed by atoms with Crippen LogP contribution >= 0.6 is 11.6 Å². The summed E-state index contributed by atoms with van der Waals surface area (Å²) < 4.78 is 12.8. The van der Waals surface area contributed by atoms with Crippen molar-refractivity contribution < 1.29 is 4.39 Å². The van der Waals surface area contributed by atoms with Crippen molar-refractivity contribution in [2.45, 2.75) is 0 Å². The lowest BCUT2D eigenvalue weighted by Gasteiger charge is -1.99. The Morgan fingerprint density at radius 1 is 1.14 bits per heavy atom. The first-order valence-corrected chi connectivity index (χ1v) is 4.22. The van der Waals surface area contributed by atoms with Crippen LogP contribution in [0.3, 0.4) is 0 Å². The monoisotopic (exact) mass is 209 g/mol. The van der Waals surface area contributed by atoms with Crippen molar-refractivity contribution in [3.8, 4) is 11.4 Å². The summed E-state index contributed by atoms with van der Waals surface area (Å²) in [5.74, 6) is 0.0198. The molecule has 0 bridgehead atoms. The van der Waals surface area contributed by atoms with E-state index in [0.717, 1.165) is 0 Å². The summed E-state index contributed by atoms with van der Waals surface area (Å²) in [7, 11) is 0. The van der Waals surface area contributed by atoms with Crippen molar-refractivity contribution in [1.29, 1.82) is 0 Å². The van der Waals surface area contributed by atoms with E-state index in [9.17, 15) is 4.39 Å². The van der Waals surface area contributed by atoms with Crippen LogP contribution in [0.5, 0.6) is 0 Å². The van der Waals surface area contributed by atoms with Crippen LogP contribution in [0.1, 0.15) is 0 Å². The van der Waals surface area contributed by atoms with Crippen molar-refractivity contribution in [3.05, 3.63) is 41.7 Å². The Morgan fingerprint density at radius 3 is 2.50 bits per heavy atom. The average Bonchev–Trinajstić information content (AvgIpc) is 2.23. The summed E-state index contributed by atoms with van der Waals surface area (Å²) in [5.41, 5.74) is 0.666. The molecule has 1 aromatic heterocycles. The number of aromatic nitrogens is 3. The van der Waals surface area contributed by atoms with Crippen molar-refractivity contribution in [3.63, 3.8) is 0 Å². The lowest BCUT2D eigenvalue weighted by atomic mass is 10.2. The molecule has 0 aliphatic carbocycles. The minimum Gasteiger partial charge on any atom is -0.225 e. The van der Waals surface area contributed by atoms with Crippen LogP contribution in [0.4, 0.5) is 4.39 Å². The maximum Gasteiger partial charge on any atom is 0.162 e. The lowest BCUT2D eigenvalue weighted by molar-refractivity contribution is 0.628. The molecule has 1 heterocycles. The standard InChI is InChI=1S/C9H5ClFN3/c10-7-3-6(1-2-8(7)11)9-13-4-12-5-14-9/h1-5H. The Morgan fingerprint density at radius 2 is 1.86 bits per heavy atom. The molecular weight excluding hydrogens is 205 g/mol. The minimum absolute atomic E-state index is 0.0583. The number of hydrogen-bond acceptors (Lipinski definition) is 3. The van der Waals surface area contributed by atoms with E-state index in [2.05, 4.69) is 15.0 Å². The van der Waals surface area contributed by atoms with Crippen molar-refractivity contribution in [1.82, 2.24) is 15.0 Å². The summed E-state index contributed by atoms with van der Waals surface area (Å²) in [5, 5.41) is 0.0583. The van der Waals surface area contributed by atoms with Gasteiger partial charge in [0.15, 0.2) is 5.82 Å². The molecule has 0 unspecified atom stereocenters. The molecule has 0 aliphatic heterocycles. The van der Waals surface area contributed by atoms with E-state index >= 15 is 0 Å². The van der Waals surface area contributed by atoms with Crippen molar-refractivity contribution in [2.24, 2.45) is 0 Å². The fourth-order valence-corrected chi connectivity index (χ4v) is 1.20. The fraction of sp³-hybridized carbons (Fsp3) is 0. The summed E-state index contributed by atoms with van der Waals surface area (Å²) >= 11 is 5.62. The number of nitrogens with zero attached hydrogens (tertiary/aromatic N) is 3. The molecule has 2 aromatic rings. The first-order valence-electron chi connectivity index (χ1n) is 3.85. The van der Waals surface area contributed by atoms with Crippen LogP contribution in [-0.4, -0.2) is 15.0 Å². The minimum atomic E-state index is -0.454. The van der Waals surface area contributed by atoms with E-state index in [0.29, 0.717) is 11.4 Å². The van der Waals surface area contributed by atoms with E-state index in [4.69, 9.17) is 11.6 Å². The van der Waals surface area contributed by atoms with Crippen LogP contribution in [-0.2, 0) is 0 Å². The summed E-state index contributed by atoms with van der Waals surface area (Å²) in [6, 6.07) is 4.32. The molecule has 0 atom stereocenters. The topological polar surface area (TPSA) is 38.7 Å². The average molecular weight is 210 g/mol. The van der Waals surface area contributed by atoms with Gasteiger partial charge in [0.05, 0.1) is 5.02 Å². The quantitative estimate of drug-likeness (QED) is 0.724. The normalized spacial score (nSPS) is 10.1. The molecule has 0 saturated heterocycles. The third-order valence-corrected chi connectivity index (χ3v) is 1.96. The molecule has 0 N–H and O–H groups in total. The van der Waals surface area contributed by atoms with Gasteiger partial charge in [-0.15, -0.1) is 0 Å². The van der Waals surface area contributed by atoms with Crippen LogP contribution in [0.2, 0.25) is 5.02 Å². The fourth-order valence-electron chi connectivity index (χ4n) is 1.02. The van der Waals surface area contributed by atoms with Gasteiger partial charge in [-0.2, -0.15) is 0 Å². The first-order chi connectivity index (χ1) is 6.77. The molecule has 0 saturated carbocycles. The highest BCUT2D eigenvalue weighted by molar-refractivity contribution is 6.31. The van der Waals surface area contributed by atoms with Gasteiger partial charge in [0.2, 0.25) is 0 Å². The van der Waals surface area contributed by atoms with Crippen LogP contribution < -0.4 is 0 Å². The SMILES string of the molecule is Fc1ccc(-c2ncncn2)cc1Cl. The molecule has 0 aliphatic rings. The van der Waals surface area contributed by atoms with Crippen LogP contribution in [0, 0.1) is 5.82 Å². The van der Waals surface area contributed by atoms with Gasteiger partial charge >= 0.3 is 0 Å². The molecule has 0 amide bonds. The van der Waals surface area contributed by atoms with E-state index in [1.54, 1.807) is 6.07 Å². The highest BCUT2D eigenvalue weighted by atomic mass is 35.5. The maximum atomic E-state index is 12.8.